The molecule has 21 heavy (non-hydrogen) atoms. The van der Waals surface area contributed by atoms with Crippen LogP contribution in [0.5, 0.6) is 0 Å². The predicted octanol–water partition coefficient (Wildman–Crippen LogP) is 1.23. The van der Waals surface area contributed by atoms with Crippen molar-refractivity contribution < 1.29 is 24.3 Å². The molecule has 1 aliphatic rings. The average Bonchev–Trinajstić information content (AvgIpc) is 2.48. The van der Waals surface area contributed by atoms with Crippen molar-refractivity contribution in [3.63, 3.8) is 0 Å². The van der Waals surface area contributed by atoms with Crippen LogP contribution in [0.4, 0.5) is 4.39 Å². The van der Waals surface area contributed by atoms with Gasteiger partial charge in [-0.05, 0) is 12.1 Å². The van der Waals surface area contributed by atoms with Gasteiger partial charge in [0.2, 0.25) is 6.36 Å². The molecule has 1 aliphatic heterocycles. The standard InChI is InChI=1S/C13H16FNO5S/c1-13(15(18)19)10(17)9(7-16)20-12(14)11(13)21-8-5-3-2-4-6-8/h2-6,9-12,16-17H,7H2,1H3/t9-,10-,11-,12+,13+/m0/s1. The lowest BCUT2D eigenvalue weighted by atomic mass is 9.85. The number of aliphatic hydroxyl groups is 2. The molecule has 6 nitrogen and oxygen atoms in total. The van der Waals surface area contributed by atoms with E-state index < -0.39 is 40.9 Å². The fourth-order valence-electron chi connectivity index (χ4n) is 2.30. The SMILES string of the molecule is C[C@@]1([N+](=O)[O-])[C@@H](O)[C@H](CO)O[C@@H](F)[C@@H]1Sc1ccccc1. The second kappa shape index (κ2) is 6.27. The molecule has 8 heteroatoms. The van der Waals surface area contributed by atoms with Gasteiger partial charge < -0.3 is 14.9 Å². The Kier molecular flexibility index (Phi) is 4.82. The topological polar surface area (TPSA) is 92.8 Å². The molecule has 2 N–H and O–H groups in total. The first-order valence-electron chi connectivity index (χ1n) is 6.36. The number of rotatable bonds is 4. The quantitative estimate of drug-likeness (QED) is 0.641. The number of hydrogen-bond acceptors (Lipinski definition) is 6. The number of benzene rings is 1. The third-order valence-corrected chi connectivity index (χ3v) is 5.14. The van der Waals surface area contributed by atoms with Gasteiger partial charge >= 0.3 is 0 Å². The Hall–Kier alpha value is -1.22. The summed E-state index contributed by atoms with van der Waals surface area (Å²) in [7, 11) is 0. The van der Waals surface area contributed by atoms with Gasteiger partial charge in [0.15, 0.2) is 6.10 Å². The van der Waals surface area contributed by atoms with E-state index in [2.05, 4.69) is 0 Å². The van der Waals surface area contributed by atoms with Crippen molar-refractivity contribution in [2.45, 2.75) is 41.2 Å². The van der Waals surface area contributed by atoms with E-state index in [1.165, 1.54) is 6.92 Å². The maximum absolute atomic E-state index is 14.2. The van der Waals surface area contributed by atoms with E-state index in [0.717, 1.165) is 11.8 Å². The van der Waals surface area contributed by atoms with E-state index in [9.17, 15) is 19.6 Å². The van der Waals surface area contributed by atoms with Crippen LogP contribution >= 0.6 is 11.8 Å². The minimum atomic E-state index is -1.97. The van der Waals surface area contributed by atoms with E-state index in [-0.39, 0.29) is 0 Å². The highest BCUT2D eigenvalue weighted by Crippen LogP contribution is 2.42. The highest BCUT2D eigenvalue weighted by atomic mass is 32.2. The van der Waals surface area contributed by atoms with Crippen LogP contribution in [0.3, 0.4) is 0 Å². The maximum atomic E-state index is 14.2. The van der Waals surface area contributed by atoms with Crippen molar-refractivity contribution >= 4 is 11.8 Å². The third-order valence-electron chi connectivity index (χ3n) is 3.65. The first-order valence-corrected chi connectivity index (χ1v) is 7.24. The Morgan fingerprint density at radius 1 is 1.48 bits per heavy atom. The molecule has 5 atom stereocenters. The van der Waals surface area contributed by atoms with Crippen LogP contribution in [-0.4, -0.2) is 51.1 Å². The minimum Gasteiger partial charge on any atom is -0.394 e. The molecule has 0 aromatic heterocycles. The fourth-order valence-corrected chi connectivity index (χ4v) is 3.54. The summed E-state index contributed by atoms with van der Waals surface area (Å²) in [5, 5.41) is 29.4. The Bertz CT molecular complexity index is 505. The molecule has 1 aromatic rings. The van der Waals surface area contributed by atoms with Crippen molar-refractivity contribution in [1.82, 2.24) is 0 Å². The molecule has 0 saturated carbocycles. The zero-order valence-electron chi connectivity index (χ0n) is 11.3. The van der Waals surface area contributed by atoms with Crippen LogP contribution in [0.25, 0.3) is 0 Å². The van der Waals surface area contributed by atoms with E-state index in [1.54, 1.807) is 30.3 Å². The van der Waals surface area contributed by atoms with Crippen LogP contribution in [0.1, 0.15) is 6.92 Å². The summed E-state index contributed by atoms with van der Waals surface area (Å²) in [6.45, 7) is 0.490. The Labute approximate surface area is 125 Å². The number of thioether (sulfide) groups is 1. The smallest absolute Gasteiger partial charge is 0.264 e. The van der Waals surface area contributed by atoms with Crippen LogP contribution in [0.15, 0.2) is 35.2 Å². The molecular formula is C13H16FNO5S. The molecule has 0 aliphatic carbocycles. The number of halogens is 1. The van der Waals surface area contributed by atoms with Gasteiger partial charge in [-0.3, -0.25) is 10.1 Å². The molecular weight excluding hydrogens is 301 g/mol. The number of alkyl halides is 1. The predicted molar refractivity (Wildman–Crippen MR) is 74.3 cm³/mol. The lowest BCUT2D eigenvalue weighted by Gasteiger charge is -2.42. The van der Waals surface area contributed by atoms with Crippen molar-refractivity contribution in [2.75, 3.05) is 6.61 Å². The van der Waals surface area contributed by atoms with Crippen LogP contribution < -0.4 is 0 Å². The molecule has 2 rings (SSSR count). The molecule has 1 heterocycles. The summed E-state index contributed by atoms with van der Waals surface area (Å²) in [5.74, 6) is 0. The molecule has 0 spiro atoms. The van der Waals surface area contributed by atoms with E-state index >= 15 is 0 Å². The first-order chi connectivity index (χ1) is 9.91. The van der Waals surface area contributed by atoms with E-state index in [0.29, 0.717) is 4.90 Å². The Balaban J connectivity index is 2.34. The van der Waals surface area contributed by atoms with Crippen LogP contribution in [-0.2, 0) is 4.74 Å². The summed E-state index contributed by atoms with van der Waals surface area (Å²) < 4.78 is 19.1. The van der Waals surface area contributed by atoms with Gasteiger partial charge in [-0.1, -0.05) is 18.2 Å². The van der Waals surface area contributed by atoms with Crippen molar-refractivity contribution in [3.05, 3.63) is 40.4 Å². The number of hydrogen-bond donors (Lipinski definition) is 2. The summed E-state index contributed by atoms with van der Waals surface area (Å²) in [6, 6.07) is 8.63. The number of aliphatic hydroxyl groups excluding tert-OH is 2. The number of nitrogens with zero attached hydrogens (tertiary/aromatic N) is 1. The molecule has 0 radical (unpaired) electrons. The normalized spacial score (nSPS) is 36.4. The summed E-state index contributed by atoms with van der Waals surface area (Å²) in [5.41, 5.74) is -1.97. The molecule has 0 amide bonds. The van der Waals surface area contributed by atoms with Gasteiger partial charge in [-0.15, -0.1) is 11.8 Å². The molecule has 1 aromatic carbocycles. The van der Waals surface area contributed by atoms with Gasteiger partial charge in [0.05, 0.1) is 6.61 Å². The summed E-state index contributed by atoms with van der Waals surface area (Å²) >= 11 is 0.941. The highest BCUT2D eigenvalue weighted by molar-refractivity contribution is 8.00. The van der Waals surface area contributed by atoms with Crippen molar-refractivity contribution in [3.8, 4) is 0 Å². The van der Waals surface area contributed by atoms with Gasteiger partial charge in [0.25, 0.3) is 5.54 Å². The highest BCUT2D eigenvalue weighted by Gasteiger charge is 2.62. The Morgan fingerprint density at radius 2 is 2.10 bits per heavy atom. The van der Waals surface area contributed by atoms with Gasteiger partial charge in [-0.25, -0.2) is 4.39 Å². The van der Waals surface area contributed by atoms with Crippen LogP contribution in [0, 0.1) is 10.1 Å². The van der Waals surface area contributed by atoms with Gasteiger partial charge in [0.1, 0.15) is 11.4 Å². The number of nitro groups is 1. The zero-order valence-corrected chi connectivity index (χ0v) is 12.1. The van der Waals surface area contributed by atoms with E-state index in [4.69, 9.17) is 9.84 Å². The number of ether oxygens (including phenoxy) is 1. The third kappa shape index (κ3) is 2.89. The molecule has 1 saturated heterocycles. The molecule has 0 bridgehead atoms. The molecule has 0 unspecified atom stereocenters. The Morgan fingerprint density at radius 3 is 2.62 bits per heavy atom. The average molecular weight is 317 g/mol. The lowest BCUT2D eigenvalue weighted by Crippen LogP contribution is -2.67. The maximum Gasteiger partial charge on any atom is 0.264 e. The second-order valence-electron chi connectivity index (χ2n) is 4.99. The summed E-state index contributed by atoms with van der Waals surface area (Å²) in [4.78, 5) is 11.4. The lowest BCUT2D eigenvalue weighted by molar-refractivity contribution is -0.590. The van der Waals surface area contributed by atoms with Gasteiger partial charge in [0, 0.05) is 16.7 Å². The first kappa shape index (κ1) is 16.2. The van der Waals surface area contributed by atoms with Crippen LogP contribution in [0.2, 0.25) is 0 Å². The molecule has 116 valence electrons. The van der Waals surface area contributed by atoms with Gasteiger partial charge in [-0.2, -0.15) is 0 Å². The molecule has 1 fully saturated rings. The summed E-state index contributed by atoms with van der Waals surface area (Å²) in [6.07, 6.45) is -4.89. The fraction of sp³-hybridized carbons (Fsp3) is 0.538. The van der Waals surface area contributed by atoms with Crippen molar-refractivity contribution in [2.24, 2.45) is 0 Å². The van der Waals surface area contributed by atoms with E-state index in [1.807, 2.05) is 0 Å². The van der Waals surface area contributed by atoms with Crippen molar-refractivity contribution in [1.29, 1.82) is 0 Å². The monoisotopic (exact) mass is 317 g/mol. The largest absolute Gasteiger partial charge is 0.394 e. The zero-order chi connectivity index (χ0) is 15.6. The second-order valence-corrected chi connectivity index (χ2v) is 6.20. The minimum absolute atomic E-state index is 0.636.